The maximum absolute atomic E-state index is 10.3. The highest BCUT2D eigenvalue weighted by Gasteiger charge is 2.59. The third-order valence-corrected chi connectivity index (χ3v) is 10.6. The first kappa shape index (κ1) is 22.1. The van der Waals surface area contributed by atoms with Crippen molar-refractivity contribution < 1.29 is 5.11 Å². The molecule has 2 nitrogen and oxygen atoms in total. The van der Waals surface area contributed by atoms with Crippen LogP contribution >= 0.6 is 0 Å². The highest BCUT2D eigenvalue weighted by atomic mass is 16.3. The molecule has 29 heavy (non-hydrogen) atoms. The van der Waals surface area contributed by atoms with E-state index in [1.807, 2.05) is 0 Å². The van der Waals surface area contributed by atoms with E-state index in [1.165, 1.54) is 64.2 Å². The van der Waals surface area contributed by atoms with Gasteiger partial charge < -0.3 is 10.8 Å². The number of nitrogens with two attached hydrogens (primary N) is 1. The van der Waals surface area contributed by atoms with Crippen LogP contribution in [-0.2, 0) is 0 Å². The molecular formula is C27H49NO. The van der Waals surface area contributed by atoms with E-state index in [0.717, 1.165) is 54.8 Å². The topological polar surface area (TPSA) is 46.2 Å². The van der Waals surface area contributed by atoms with Crippen LogP contribution in [0, 0.1) is 46.8 Å². The lowest BCUT2D eigenvalue weighted by Crippen LogP contribution is -2.60. The molecule has 0 aromatic carbocycles. The van der Waals surface area contributed by atoms with E-state index in [-0.39, 0.29) is 11.6 Å². The number of hydrogen-bond acceptors (Lipinski definition) is 2. The van der Waals surface area contributed by atoms with Gasteiger partial charge in [-0.3, -0.25) is 0 Å². The minimum Gasteiger partial charge on any atom is -0.393 e. The molecule has 9 unspecified atom stereocenters. The summed E-state index contributed by atoms with van der Waals surface area (Å²) < 4.78 is 0. The second kappa shape index (κ2) is 8.45. The molecule has 4 fully saturated rings. The van der Waals surface area contributed by atoms with E-state index >= 15 is 0 Å². The third-order valence-electron chi connectivity index (χ3n) is 10.6. The van der Waals surface area contributed by atoms with E-state index in [9.17, 15) is 5.11 Å². The standard InChI is InChI=1S/C27H49NO/c1-18(2)7-5-8-19(3)23-11-12-24-22-10-6-9-20-17-21(29)13-16-27(20,28)25(22)14-15-26(23,24)4/h18-25,29H,5-17,28H2,1-4H3. The zero-order valence-electron chi connectivity index (χ0n) is 19.8. The number of aliphatic hydroxyl groups excluding tert-OH is 1. The van der Waals surface area contributed by atoms with Gasteiger partial charge in [0.1, 0.15) is 0 Å². The molecule has 0 aromatic rings. The molecule has 4 aliphatic rings. The lowest BCUT2D eigenvalue weighted by atomic mass is 9.51. The predicted molar refractivity (Wildman–Crippen MR) is 123 cm³/mol. The van der Waals surface area contributed by atoms with Crippen LogP contribution in [0.1, 0.15) is 111 Å². The Balaban J connectivity index is 1.49. The van der Waals surface area contributed by atoms with Gasteiger partial charge in [0, 0.05) is 5.54 Å². The Morgan fingerprint density at radius 1 is 0.931 bits per heavy atom. The van der Waals surface area contributed by atoms with Crippen molar-refractivity contribution in [3.8, 4) is 0 Å². The molecule has 0 heterocycles. The summed E-state index contributed by atoms with van der Waals surface area (Å²) in [4.78, 5) is 0. The Morgan fingerprint density at radius 3 is 2.48 bits per heavy atom. The van der Waals surface area contributed by atoms with Crippen LogP contribution in [0.4, 0.5) is 0 Å². The van der Waals surface area contributed by atoms with Crippen molar-refractivity contribution >= 4 is 0 Å². The fourth-order valence-electron chi connectivity index (χ4n) is 9.14. The van der Waals surface area contributed by atoms with Crippen molar-refractivity contribution in [1.82, 2.24) is 0 Å². The van der Waals surface area contributed by atoms with Crippen molar-refractivity contribution in [2.24, 2.45) is 52.6 Å². The molecule has 4 aliphatic carbocycles. The van der Waals surface area contributed by atoms with Crippen LogP contribution in [-0.4, -0.2) is 16.7 Å². The van der Waals surface area contributed by atoms with E-state index < -0.39 is 0 Å². The van der Waals surface area contributed by atoms with Crippen molar-refractivity contribution in [3.63, 3.8) is 0 Å². The van der Waals surface area contributed by atoms with Crippen molar-refractivity contribution in [1.29, 1.82) is 0 Å². The first-order chi connectivity index (χ1) is 13.8. The molecule has 4 saturated carbocycles. The molecule has 0 aromatic heterocycles. The fraction of sp³-hybridized carbons (Fsp3) is 1.00. The zero-order valence-corrected chi connectivity index (χ0v) is 19.8. The molecule has 2 heteroatoms. The van der Waals surface area contributed by atoms with Gasteiger partial charge in [0.2, 0.25) is 0 Å². The van der Waals surface area contributed by atoms with E-state index in [1.54, 1.807) is 0 Å². The number of hydrogen-bond donors (Lipinski definition) is 2. The van der Waals surface area contributed by atoms with Gasteiger partial charge in [-0.05, 0) is 105 Å². The molecule has 0 spiro atoms. The van der Waals surface area contributed by atoms with Gasteiger partial charge in [-0.25, -0.2) is 0 Å². The Hall–Kier alpha value is -0.0800. The molecule has 0 saturated heterocycles. The highest BCUT2D eigenvalue weighted by molar-refractivity contribution is 5.11. The Kier molecular flexibility index (Phi) is 6.45. The lowest BCUT2D eigenvalue weighted by Gasteiger charge is -2.56. The predicted octanol–water partition coefficient (Wildman–Crippen LogP) is 6.55. The zero-order chi connectivity index (χ0) is 20.8. The number of fused-ring (bicyclic) bond motifs is 5. The largest absolute Gasteiger partial charge is 0.393 e. The summed E-state index contributed by atoms with van der Waals surface area (Å²) in [5.41, 5.74) is 7.86. The first-order valence-electron chi connectivity index (χ1n) is 13.2. The molecule has 0 aliphatic heterocycles. The average Bonchev–Trinajstić information content (AvgIpc) is 2.94. The van der Waals surface area contributed by atoms with E-state index in [4.69, 9.17) is 5.73 Å². The van der Waals surface area contributed by atoms with Gasteiger partial charge >= 0.3 is 0 Å². The van der Waals surface area contributed by atoms with Gasteiger partial charge in [-0.15, -0.1) is 0 Å². The first-order valence-corrected chi connectivity index (χ1v) is 13.2. The van der Waals surface area contributed by atoms with Crippen LogP contribution in [0.3, 0.4) is 0 Å². The van der Waals surface area contributed by atoms with Gasteiger partial charge in [0.05, 0.1) is 6.10 Å². The summed E-state index contributed by atoms with van der Waals surface area (Å²) in [7, 11) is 0. The van der Waals surface area contributed by atoms with Crippen LogP contribution in [0.25, 0.3) is 0 Å². The monoisotopic (exact) mass is 403 g/mol. The van der Waals surface area contributed by atoms with Gasteiger partial charge in [0.25, 0.3) is 0 Å². The van der Waals surface area contributed by atoms with E-state index in [2.05, 4.69) is 27.7 Å². The molecule has 4 rings (SSSR count). The summed E-state index contributed by atoms with van der Waals surface area (Å²) in [6.07, 6.45) is 16.8. The molecule has 0 amide bonds. The maximum Gasteiger partial charge on any atom is 0.0544 e. The summed E-state index contributed by atoms with van der Waals surface area (Å²) in [6.45, 7) is 9.98. The SMILES string of the molecule is CC(C)CCCC(C)C1CCC2C3CCCC4CC(O)CCC4(N)C3CCC12C. The lowest BCUT2D eigenvalue weighted by molar-refractivity contribution is -0.0559. The Morgan fingerprint density at radius 2 is 1.72 bits per heavy atom. The minimum absolute atomic E-state index is 0.0166. The second-order valence-corrected chi connectivity index (χ2v) is 12.6. The molecule has 168 valence electrons. The molecule has 3 N–H and O–H groups in total. The second-order valence-electron chi connectivity index (χ2n) is 12.6. The molecular weight excluding hydrogens is 354 g/mol. The Bertz CT molecular complexity index is 561. The van der Waals surface area contributed by atoms with Gasteiger partial charge in [-0.1, -0.05) is 53.4 Å². The smallest absolute Gasteiger partial charge is 0.0544 e. The van der Waals surface area contributed by atoms with Crippen molar-refractivity contribution in [3.05, 3.63) is 0 Å². The third kappa shape index (κ3) is 3.95. The van der Waals surface area contributed by atoms with Crippen LogP contribution in [0.15, 0.2) is 0 Å². The van der Waals surface area contributed by atoms with E-state index in [0.29, 0.717) is 11.3 Å². The summed E-state index contributed by atoms with van der Waals surface area (Å²) >= 11 is 0. The Labute approximate surface area is 180 Å². The number of aliphatic hydroxyl groups is 1. The van der Waals surface area contributed by atoms with Crippen molar-refractivity contribution in [2.45, 2.75) is 123 Å². The average molecular weight is 404 g/mol. The maximum atomic E-state index is 10.3. The van der Waals surface area contributed by atoms with Crippen LogP contribution in [0.2, 0.25) is 0 Å². The van der Waals surface area contributed by atoms with Crippen LogP contribution < -0.4 is 5.73 Å². The summed E-state index contributed by atoms with van der Waals surface area (Å²) in [5, 5.41) is 10.3. The minimum atomic E-state index is -0.0929. The van der Waals surface area contributed by atoms with Crippen molar-refractivity contribution in [2.75, 3.05) is 0 Å². The highest BCUT2D eigenvalue weighted by Crippen LogP contribution is 2.65. The van der Waals surface area contributed by atoms with Crippen LogP contribution in [0.5, 0.6) is 0 Å². The summed E-state index contributed by atoms with van der Waals surface area (Å²) in [6, 6.07) is 0. The van der Waals surface area contributed by atoms with Gasteiger partial charge in [0.15, 0.2) is 0 Å². The summed E-state index contributed by atoms with van der Waals surface area (Å²) in [5.74, 6) is 5.71. The molecule has 0 radical (unpaired) electrons. The van der Waals surface area contributed by atoms with Gasteiger partial charge in [-0.2, -0.15) is 0 Å². The fourth-order valence-corrected chi connectivity index (χ4v) is 9.14. The molecule has 9 atom stereocenters. The molecule has 0 bridgehead atoms. The quantitative estimate of drug-likeness (QED) is 0.546. The number of rotatable bonds is 5. The normalized spacial score (nSPS) is 48.5.